The molecule has 0 aliphatic carbocycles. The summed E-state index contributed by atoms with van der Waals surface area (Å²) in [5.41, 5.74) is -3.71. The molecule has 0 radical (unpaired) electrons. The molecule has 0 spiro atoms. The highest BCUT2D eigenvalue weighted by atomic mass is 19.4. The van der Waals surface area contributed by atoms with Crippen LogP contribution in [-0.4, -0.2) is 80.5 Å². The molecular formula is C22H21F11N4O5. The lowest BCUT2D eigenvalue weighted by Gasteiger charge is -2.29. The van der Waals surface area contributed by atoms with Crippen molar-refractivity contribution in [1.29, 1.82) is 0 Å². The Morgan fingerprint density at radius 1 is 0.881 bits per heavy atom. The van der Waals surface area contributed by atoms with E-state index in [-0.39, 0.29) is 4.90 Å². The highest BCUT2D eigenvalue weighted by molar-refractivity contribution is 6.09. The molecule has 1 heterocycles. The van der Waals surface area contributed by atoms with Crippen molar-refractivity contribution in [2.45, 2.75) is 44.3 Å². The zero-order valence-electron chi connectivity index (χ0n) is 21.3. The van der Waals surface area contributed by atoms with Crippen LogP contribution in [0.3, 0.4) is 0 Å². The van der Waals surface area contributed by atoms with E-state index in [4.69, 9.17) is 0 Å². The number of anilines is 2. The SMILES string of the molecule is CC(C)(C(=O)NCC(F)(F)C(F)(F)F)C(=O)NC1CN(C(=O)OCC(F)(F)F)c2ccccc2N(CC(F)(F)F)C1=O. The first kappa shape index (κ1) is 34.3. The standard InChI is InChI=1S/C22H21F11N4O5/c1-18(2,15(39)34-8-19(23,24)22(31,32)33)16(40)35-11-7-36(17(41)42-10-21(28,29)30)12-5-3-4-6-13(12)37(14(11)38)9-20(25,26)27/h3-6,11H,7-10H2,1-2H3,(H,34,39)(H,35,40). The smallest absolute Gasteiger partial charge is 0.439 e. The van der Waals surface area contributed by atoms with E-state index in [0.717, 1.165) is 24.3 Å². The zero-order valence-corrected chi connectivity index (χ0v) is 21.3. The van der Waals surface area contributed by atoms with E-state index in [9.17, 15) is 67.5 Å². The number of alkyl halides is 11. The molecule has 9 nitrogen and oxygen atoms in total. The summed E-state index contributed by atoms with van der Waals surface area (Å²) >= 11 is 0. The average molecular weight is 630 g/mol. The first-order chi connectivity index (χ1) is 18.9. The minimum atomic E-state index is -6.07. The topological polar surface area (TPSA) is 108 Å². The van der Waals surface area contributed by atoms with Crippen LogP contribution < -0.4 is 20.4 Å². The van der Waals surface area contributed by atoms with Gasteiger partial charge in [0.15, 0.2) is 6.61 Å². The van der Waals surface area contributed by atoms with E-state index in [1.54, 1.807) is 0 Å². The second-order valence-corrected chi connectivity index (χ2v) is 9.34. The maximum absolute atomic E-state index is 13.4. The van der Waals surface area contributed by atoms with E-state index in [0.29, 0.717) is 18.7 Å². The summed E-state index contributed by atoms with van der Waals surface area (Å²) < 4.78 is 146. The number of ether oxygens (including phenoxy) is 1. The van der Waals surface area contributed by atoms with Gasteiger partial charge in [-0.2, -0.15) is 48.3 Å². The van der Waals surface area contributed by atoms with Crippen LogP contribution in [0.1, 0.15) is 13.8 Å². The Labute approximate surface area is 228 Å². The number of nitrogens with zero attached hydrogens (tertiary/aromatic N) is 2. The monoisotopic (exact) mass is 630 g/mol. The van der Waals surface area contributed by atoms with Gasteiger partial charge < -0.3 is 15.4 Å². The minimum absolute atomic E-state index is 0.0499. The van der Waals surface area contributed by atoms with Crippen molar-refractivity contribution in [3.05, 3.63) is 24.3 Å². The molecule has 236 valence electrons. The van der Waals surface area contributed by atoms with Crippen LogP contribution in [0.4, 0.5) is 64.5 Å². The molecule has 2 N–H and O–H groups in total. The van der Waals surface area contributed by atoms with E-state index in [1.807, 2.05) is 5.32 Å². The van der Waals surface area contributed by atoms with Crippen LogP contribution >= 0.6 is 0 Å². The van der Waals surface area contributed by atoms with Gasteiger partial charge in [0.2, 0.25) is 11.8 Å². The van der Waals surface area contributed by atoms with Gasteiger partial charge in [0.1, 0.15) is 18.0 Å². The van der Waals surface area contributed by atoms with Crippen molar-refractivity contribution >= 4 is 35.2 Å². The van der Waals surface area contributed by atoms with Crippen molar-refractivity contribution in [2.24, 2.45) is 5.41 Å². The van der Waals surface area contributed by atoms with Crippen molar-refractivity contribution in [3.8, 4) is 0 Å². The molecule has 1 unspecified atom stereocenters. The molecule has 1 aromatic carbocycles. The molecule has 0 bridgehead atoms. The first-order valence-corrected chi connectivity index (χ1v) is 11.4. The summed E-state index contributed by atoms with van der Waals surface area (Å²) in [6.07, 6.45) is -18.0. The Morgan fingerprint density at radius 2 is 1.43 bits per heavy atom. The van der Waals surface area contributed by atoms with Gasteiger partial charge in [0.25, 0.3) is 5.91 Å². The van der Waals surface area contributed by atoms with Crippen molar-refractivity contribution < 1.29 is 72.2 Å². The molecule has 20 heteroatoms. The number of nitrogens with one attached hydrogen (secondary N) is 2. The third-order valence-electron chi connectivity index (χ3n) is 5.64. The molecule has 42 heavy (non-hydrogen) atoms. The number of hydrogen-bond donors (Lipinski definition) is 2. The maximum Gasteiger partial charge on any atom is 0.455 e. The van der Waals surface area contributed by atoms with Crippen molar-refractivity contribution in [2.75, 3.05) is 36.0 Å². The minimum Gasteiger partial charge on any atom is -0.439 e. The quantitative estimate of drug-likeness (QED) is 0.351. The largest absolute Gasteiger partial charge is 0.455 e. The van der Waals surface area contributed by atoms with E-state index < -0.39 is 97.3 Å². The van der Waals surface area contributed by atoms with Crippen LogP contribution in [0, 0.1) is 5.41 Å². The summed E-state index contributed by atoms with van der Waals surface area (Å²) in [6.45, 7) is -6.17. The highest BCUT2D eigenvalue weighted by Crippen LogP contribution is 2.36. The molecule has 0 saturated heterocycles. The lowest BCUT2D eigenvalue weighted by molar-refractivity contribution is -0.278. The van der Waals surface area contributed by atoms with Crippen molar-refractivity contribution in [3.63, 3.8) is 0 Å². The number of carbonyl (C=O) groups excluding carboxylic acids is 4. The van der Waals surface area contributed by atoms with Gasteiger partial charge >= 0.3 is 30.5 Å². The second-order valence-electron chi connectivity index (χ2n) is 9.34. The van der Waals surface area contributed by atoms with Gasteiger partial charge in [-0.05, 0) is 26.0 Å². The Bertz CT molecular complexity index is 1200. The average Bonchev–Trinajstić information content (AvgIpc) is 2.94. The molecule has 0 fully saturated rings. The molecule has 4 amide bonds. The van der Waals surface area contributed by atoms with E-state index in [1.165, 1.54) is 5.32 Å². The van der Waals surface area contributed by atoms with Crippen molar-refractivity contribution in [1.82, 2.24) is 10.6 Å². The zero-order chi connectivity index (χ0) is 32.5. The predicted molar refractivity (Wildman–Crippen MR) is 119 cm³/mol. The lowest BCUT2D eigenvalue weighted by Crippen LogP contribution is -2.59. The third-order valence-corrected chi connectivity index (χ3v) is 5.64. The van der Waals surface area contributed by atoms with Crippen LogP contribution in [-0.2, 0) is 19.1 Å². The fraction of sp³-hybridized carbons (Fsp3) is 0.545. The number of halogens is 11. The highest BCUT2D eigenvalue weighted by Gasteiger charge is 2.58. The molecule has 0 saturated carbocycles. The Kier molecular flexibility index (Phi) is 9.63. The number of amides is 4. The summed E-state index contributed by atoms with van der Waals surface area (Å²) in [6, 6.07) is 1.93. The van der Waals surface area contributed by atoms with Crippen LogP contribution in [0.25, 0.3) is 0 Å². The molecular weight excluding hydrogens is 609 g/mol. The molecule has 1 aromatic rings. The number of rotatable bonds is 7. The summed E-state index contributed by atoms with van der Waals surface area (Å²) in [4.78, 5) is 51.4. The Morgan fingerprint density at radius 3 is 1.93 bits per heavy atom. The molecule has 2 rings (SSSR count). The van der Waals surface area contributed by atoms with Gasteiger partial charge in [0, 0.05) is 0 Å². The number of hydrogen-bond acceptors (Lipinski definition) is 5. The lowest BCUT2D eigenvalue weighted by atomic mass is 9.90. The third kappa shape index (κ3) is 8.34. The maximum atomic E-state index is 13.4. The summed E-state index contributed by atoms with van der Waals surface area (Å²) in [5, 5.41) is 3.04. The molecule has 0 aromatic heterocycles. The fourth-order valence-corrected chi connectivity index (χ4v) is 3.38. The number of carbonyl (C=O) groups is 4. The number of benzene rings is 1. The van der Waals surface area contributed by atoms with Crippen LogP contribution in [0.5, 0.6) is 0 Å². The molecule has 1 aliphatic heterocycles. The molecule has 1 atom stereocenters. The fourth-order valence-electron chi connectivity index (χ4n) is 3.38. The summed E-state index contributed by atoms with van der Waals surface area (Å²) in [7, 11) is 0. The van der Waals surface area contributed by atoms with Crippen LogP contribution in [0.15, 0.2) is 24.3 Å². The normalized spacial score (nSPS) is 16.9. The first-order valence-electron chi connectivity index (χ1n) is 11.4. The van der Waals surface area contributed by atoms with Gasteiger partial charge in [-0.15, -0.1) is 0 Å². The van der Waals surface area contributed by atoms with Crippen LogP contribution in [0.2, 0.25) is 0 Å². The van der Waals surface area contributed by atoms with Gasteiger partial charge in [0.05, 0.1) is 24.5 Å². The second kappa shape index (κ2) is 11.8. The molecule has 1 aliphatic rings. The number of para-hydroxylation sites is 2. The van der Waals surface area contributed by atoms with E-state index in [2.05, 4.69) is 4.74 Å². The number of fused-ring (bicyclic) bond motifs is 1. The van der Waals surface area contributed by atoms with Gasteiger partial charge in [-0.1, -0.05) is 12.1 Å². The summed E-state index contributed by atoms with van der Waals surface area (Å²) in [5.74, 6) is -10.3. The van der Waals surface area contributed by atoms with E-state index >= 15 is 0 Å². The Hall–Kier alpha value is -3.87. The predicted octanol–water partition coefficient (Wildman–Crippen LogP) is 3.93. The van der Waals surface area contributed by atoms with Gasteiger partial charge in [-0.25, -0.2) is 4.79 Å². The Balaban J connectivity index is 2.43. The van der Waals surface area contributed by atoms with Gasteiger partial charge in [-0.3, -0.25) is 24.2 Å².